The Morgan fingerprint density at radius 1 is 1.31 bits per heavy atom. The first-order chi connectivity index (χ1) is 12.7. The van der Waals surface area contributed by atoms with E-state index in [0.717, 1.165) is 50.0 Å². The number of rotatable bonds is 3. The quantitative estimate of drug-likeness (QED) is 0.858. The van der Waals surface area contributed by atoms with Crippen molar-refractivity contribution in [1.82, 2.24) is 14.7 Å². The lowest BCUT2D eigenvalue weighted by Crippen LogP contribution is -2.50. The highest BCUT2D eigenvalue weighted by Gasteiger charge is 2.37. The molecule has 0 spiro atoms. The second-order valence-corrected chi connectivity index (χ2v) is 7.21. The Hall–Kier alpha value is -2.45. The maximum absolute atomic E-state index is 6.26. The molecule has 2 fully saturated rings. The van der Waals surface area contributed by atoms with Crippen LogP contribution in [0.3, 0.4) is 0 Å². The number of aliphatic imine (C=N–C) groups is 1. The van der Waals surface area contributed by atoms with Crippen LogP contribution in [0.5, 0.6) is 0 Å². The van der Waals surface area contributed by atoms with Gasteiger partial charge in [0, 0.05) is 57.7 Å². The monoisotopic (exact) mass is 356 g/mol. The van der Waals surface area contributed by atoms with E-state index in [2.05, 4.69) is 27.1 Å². The highest BCUT2D eigenvalue weighted by atomic mass is 16.5. The number of hydrogen-bond donors (Lipinski definition) is 1. The molecule has 2 atom stereocenters. The van der Waals surface area contributed by atoms with Gasteiger partial charge in [0.15, 0.2) is 0 Å². The van der Waals surface area contributed by atoms with Crippen LogP contribution in [0.2, 0.25) is 0 Å². The van der Waals surface area contributed by atoms with E-state index in [9.17, 15) is 0 Å². The molecule has 0 radical (unpaired) electrons. The fraction of sp³-hybridized carbons (Fsp3) is 0.500. The minimum Gasteiger partial charge on any atom is -0.448 e. The molecule has 26 heavy (non-hydrogen) atoms. The van der Waals surface area contributed by atoms with E-state index < -0.39 is 0 Å². The van der Waals surface area contributed by atoms with Crippen molar-refractivity contribution in [1.29, 1.82) is 0 Å². The lowest BCUT2D eigenvalue weighted by Gasteiger charge is -2.39. The number of ether oxygens (including phenoxy) is 1. The lowest BCUT2D eigenvalue weighted by atomic mass is 10.1. The molecule has 0 bridgehead atoms. The smallest absolute Gasteiger partial charge is 0.204 e. The molecule has 5 heterocycles. The molecule has 2 N–H and O–H groups in total. The van der Waals surface area contributed by atoms with Crippen LogP contribution in [0, 0.1) is 0 Å². The Balaban J connectivity index is 1.35. The maximum atomic E-state index is 6.26. The predicted octanol–water partition coefficient (Wildman–Crippen LogP) is 0.775. The Morgan fingerprint density at radius 3 is 3.04 bits per heavy atom. The fourth-order valence-electron chi connectivity index (χ4n) is 4.27. The Kier molecular flexibility index (Phi) is 3.68. The molecule has 0 amide bonds. The summed E-state index contributed by atoms with van der Waals surface area (Å²) in [6.45, 7) is 4.63. The van der Waals surface area contributed by atoms with Crippen molar-refractivity contribution in [3.8, 4) is 0 Å². The van der Waals surface area contributed by atoms with Gasteiger partial charge in [-0.1, -0.05) is 0 Å². The van der Waals surface area contributed by atoms with Crippen molar-refractivity contribution in [3.05, 3.63) is 42.2 Å². The topological polar surface area (TPSA) is 73.7 Å². The first-order valence-electron chi connectivity index (χ1n) is 9.08. The molecule has 4 aliphatic rings. The lowest BCUT2D eigenvalue weighted by molar-refractivity contribution is 0.102. The van der Waals surface area contributed by atoms with Crippen LogP contribution in [0.4, 0.5) is 5.88 Å². The molecule has 2 saturated heterocycles. The standard InChI is InChI=1S/C18H24N6O2/c1-25-15-7-13-9-22(5-4-21(13)11-15)16-8-14-10-23(17-3-2-6-26-17)12-24(14)18(19)20-16/h2-3,6,8,10,13,15H,4-5,7,9,11-12H2,1H3,(H2,19,20)/t13-,15+/m0/s1. The fourth-order valence-corrected chi connectivity index (χ4v) is 4.27. The van der Waals surface area contributed by atoms with Gasteiger partial charge in [0.1, 0.15) is 12.5 Å². The second-order valence-electron chi connectivity index (χ2n) is 7.21. The van der Waals surface area contributed by atoms with Crippen molar-refractivity contribution in [3.63, 3.8) is 0 Å². The number of nitrogens with zero attached hydrogens (tertiary/aromatic N) is 5. The summed E-state index contributed by atoms with van der Waals surface area (Å²) in [7, 11) is 1.81. The van der Waals surface area contributed by atoms with Gasteiger partial charge in [0.05, 0.1) is 18.1 Å². The molecule has 138 valence electrons. The van der Waals surface area contributed by atoms with E-state index in [1.54, 1.807) is 6.26 Å². The van der Waals surface area contributed by atoms with Crippen molar-refractivity contribution in [2.24, 2.45) is 10.7 Å². The first-order valence-corrected chi connectivity index (χ1v) is 9.08. The van der Waals surface area contributed by atoms with Crippen LogP contribution in [0.1, 0.15) is 6.42 Å². The molecule has 4 aliphatic heterocycles. The maximum Gasteiger partial charge on any atom is 0.204 e. The summed E-state index contributed by atoms with van der Waals surface area (Å²) in [6, 6.07) is 4.36. The second kappa shape index (κ2) is 6.07. The summed E-state index contributed by atoms with van der Waals surface area (Å²) >= 11 is 0. The van der Waals surface area contributed by atoms with Gasteiger partial charge in [-0.15, -0.1) is 0 Å². The van der Waals surface area contributed by atoms with Crippen LogP contribution in [0.25, 0.3) is 0 Å². The van der Waals surface area contributed by atoms with Gasteiger partial charge in [-0.25, -0.2) is 0 Å². The molecular formula is C18H24N6O2. The summed E-state index contributed by atoms with van der Waals surface area (Å²) in [5.41, 5.74) is 7.31. The summed E-state index contributed by atoms with van der Waals surface area (Å²) in [6.07, 6.45) is 7.30. The number of guanidine groups is 1. The van der Waals surface area contributed by atoms with Crippen molar-refractivity contribution in [2.75, 3.05) is 44.9 Å². The van der Waals surface area contributed by atoms with Crippen molar-refractivity contribution in [2.45, 2.75) is 18.6 Å². The van der Waals surface area contributed by atoms with E-state index in [1.165, 1.54) is 0 Å². The number of allylic oxidation sites excluding steroid dienone is 1. The molecule has 8 heteroatoms. The molecular weight excluding hydrogens is 332 g/mol. The summed E-state index contributed by atoms with van der Waals surface area (Å²) in [5, 5.41) is 0. The number of fused-ring (bicyclic) bond motifs is 2. The van der Waals surface area contributed by atoms with Gasteiger partial charge >= 0.3 is 0 Å². The number of furan rings is 1. The van der Waals surface area contributed by atoms with Crippen LogP contribution in [-0.4, -0.2) is 72.8 Å². The Bertz CT molecular complexity index is 771. The average Bonchev–Trinajstić information content (AvgIpc) is 3.38. The van der Waals surface area contributed by atoms with Gasteiger partial charge in [0.2, 0.25) is 11.8 Å². The summed E-state index contributed by atoms with van der Waals surface area (Å²) in [4.78, 5) is 13.6. The molecule has 5 rings (SSSR count). The van der Waals surface area contributed by atoms with Crippen LogP contribution in [0.15, 0.2) is 51.6 Å². The molecule has 1 aromatic rings. The molecule has 0 unspecified atom stereocenters. The Morgan fingerprint density at radius 2 is 2.23 bits per heavy atom. The van der Waals surface area contributed by atoms with Crippen molar-refractivity contribution >= 4 is 11.8 Å². The number of nitrogens with two attached hydrogens (primary N) is 1. The van der Waals surface area contributed by atoms with Crippen LogP contribution >= 0.6 is 0 Å². The molecule has 0 aromatic carbocycles. The molecule has 0 saturated carbocycles. The van der Waals surface area contributed by atoms with Gasteiger partial charge < -0.3 is 19.8 Å². The van der Waals surface area contributed by atoms with Gasteiger partial charge in [-0.3, -0.25) is 14.7 Å². The first kappa shape index (κ1) is 15.8. The third-order valence-electron chi connectivity index (χ3n) is 5.70. The van der Waals surface area contributed by atoms with Gasteiger partial charge in [0.25, 0.3) is 0 Å². The molecule has 1 aromatic heterocycles. The predicted molar refractivity (Wildman–Crippen MR) is 98.0 cm³/mol. The highest BCUT2D eigenvalue weighted by molar-refractivity contribution is 5.84. The minimum atomic E-state index is 0.351. The van der Waals surface area contributed by atoms with Crippen molar-refractivity contribution < 1.29 is 9.15 Å². The van der Waals surface area contributed by atoms with E-state index in [4.69, 9.17) is 14.9 Å². The number of anilines is 1. The third kappa shape index (κ3) is 2.57. The third-order valence-corrected chi connectivity index (χ3v) is 5.70. The molecule has 8 nitrogen and oxygen atoms in total. The summed E-state index contributed by atoms with van der Waals surface area (Å²) in [5.74, 6) is 2.29. The van der Waals surface area contributed by atoms with E-state index in [0.29, 0.717) is 24.8 Å². The average molecular weight is 356 g/mol. The largest absolute Gasteiger partial charge is 0.448 e. The number of hydrogen-bond acceptors (Lipinski definition) is 8. The van der Waals surface area contributed by atoms with Crippen LogP contribution in [-0.2, 0) is 4.74 Å². The van der Waals surface area contributed by atoms with Gasteiger partial charge in [-0.2, -0.15) is 4.99 Å². The number of piperazine rings is 1. The summed E-state index contributed by atoms with van der Waals surface area (Å²) < 4.78 is 11.0. The highest BCUT2D eigenvalue weighted by Crippen LogP contribution is 2.31. The minimum absolute atomic E-state index is 0.351. The normalized spacial score (nSPS) is 28.7. The zero-order valence-electron chi connectivity index (χ0n) is 14.9. The SMILES string of the molecule is CO[C@@H]1C[C@H]2CN(C3=CC4=CN(c5ccco5)CN4C(N)=N3)CCN2C1. The van der Waals surface area contributed by atoms with Gasteiger partial charge in [-0.05, 0) is 12.5 Å². The zero-order chi connectivity index (χ0) is 17.7. The van der Waals surface area contributed by atoms with Crippen LogP contribution < -0.4 is 10.6 Å². The Labute approximate surface area is 152 Å². The zero-order valence-corrected chi connectivity index (χ0v) is 14.9. The van der Waals surface area contributed by atoms with E-state index in [1.807, 2.05) is 29.0 Å². The van der Waals surface area contributed by atoms with E-state index in [-0.39, 0.29) is 0 Å². The van der Waals surface area contributed by atoms with E-state index >= 15 is 0 Å². The number of methoxy groups -OCH3 is 1. The molecule has 0 aliphatic carbocycles.